The molecule has 4 heterocycles. The molecule has 1 aliphatic heterocycles. The van der Waals surface area contributed by atoms with Crippen LogP contribution in [0.4, 0.5) is 10.2 Å². The Morgan fingerprint density at radius 2 is 2.18 bits per heavy atom. The second kappa shape index (κ2) is 8.24. The number of nitrogens with one attached hydrogen (secondary N) is 2. The van der Waals surface area contributed by atoms with Crippen LogP contribution in [0.5, 0.6) is 6.01 Å². The van der Waals surface area contributed by atoms with Crippen LogP contribution >= 0.6 is 0 Å². The van der Waals surface area contributed by atoms with E-state index in [0.717, 1.165) is 23.9 Å². The Morgan fingerprint density at radius 1 is 1.36 bits per heavy atom. The molecule has 3 aromatic rings. The monoisotopic (exact) mass is 453 g/mol. The number of pyridine rings is 1. The van der Waals surface area contributed by atoms with Crippen LogP contribution in [0.25, 0.3) is 11.0 Å². The number of alkyl halides is 1. The lowest BCUT2D eigenvalue weighted by atomic mass is 9.70. The van der Waals surface area contributed by atoms with Gasteiger partial charge in [-0.2, -0.15) is 15.1 Å². The lowest BCUT2D eigenvalue weighted by Gasteiger charge is -2.44. The van der Waals surface area contributed by atoms with Crippen molar-refractivity contribution in [3.8, 4) is 6.01 Å². The first-order valence-electron chi connectivity index (χ1n) is 11.3. The fraction of sp³-hybridized carbons (Fsp3) is 0.522. The molecular formula is C23H28FN7O2. The molecule has 0 radical (unpaired) electrons. The molecule has 2 fully saturated rings. The second-order valence-corrected chi connectivity index (χ2v) is 9.50. The van der Waals surface area contributed by atoms with Gasteiger partial charge in [0.2, 0.25) is 0 Å². The van der Waals surface area contributed by atoms with Gasteiger partial charge in [-0.1, -0.05) is 6.92 Å². The number of nitrogens with zero attached hydrogens (tertiary/aromatic N) is 5. The van der Waals surface area contributed by atoms with Crippen LogP contribution in [0, 0.1) is 5.92 Å². The Labute approximate surface area is 191 Å². The number of rotatable bonds is 5. The fourth-order valence-corrected chi connectivity index (χ4v) is 5.29. The van der Waals surface area contributed by atoms with E-state index in [4.69, 9.17) is 4.74 Å². The van der Waals surface area contributed by atoms with E-state index in [1.54, 1.807) is 12.3 Å². The van der Waals surface area contributed by atoms with Crippen LogP contribution in [0.3, 0.4) is 0 Å². The van der Waals surface area contributed by atoms with Crippen molar-refractivity contribution in [1.29, 1.82) is 0 Å². The molecule has 5 rings (SSSR count). The number of halogens is 1. The molecule has 1 amide bonds. The topological polar surface area (TPSA) is 109 Å². The van der Waals surface area contributed by atoms with Gasteiger partial charge in [-0.25, -0.2) is 9.37 Å². The van der Waals surface area contributed by atoms with E-state index >= 15 is 4.39 Å². The molecule has 0 bridgehead atoms. The predicted octanol–water partition coefficient (Wildman–Crippen LogP) is 3.01. The van der Waals surface area contributed by atoms with Crippen molar-refractivity contribution in [3.63, 3.8) is 0 Å². The maximum Gasteiger partial charge on any atom is 0.318 e. The number of piperidine rings is 1. The van der Waals surface area contributed by atoms with Crippen molar-refractivity contribution in [1.82, 2.24) is 30.5 Å². The van der Waals surface area contributed by atoms with Gasteiger partial charge in [-0.05, 0) is 44.2 Å². The van der Waals surface area contributed by atoms with Crippen LogP contribution in [-0.4, -0.2) is 63.0 Å². The third-order valence-electron chi connectivity index (χ3n) is 6.72. The quantitative estimate of drug-likeness (QED) is 0.611. The maximum atomic E-state index is 15.4. The van der Waals surface area contributed by atoms with E-state index in [2.05, 4.69) is 37.4 Å². The van der Waals surface area contributed by atoms with Gasteiger partial charge in [0, 0.05) is 35.7 Å². The summed E-state index contributed by atoms with van der Waals surface area (Å²) in [6.45, 7) is 4.92. The fourth-order valence-electron chi connectivity index (χ4n) is 5.29. The summed E-state index contributed by atoms with van der Waals surface area (Å²) in [6.07, 6.45) is 2.96. The number of aromatic nitrogens is 5. The Kier molecular flexibility index (Phi) is 5.38. The molecule has 1 saturated heterocycles. The average Bonchev–Trinajstić information content (AvgIpc) is 3.21. The van der Waals surface area contributed by atoms with Crippen LogP contribution in [0.1, 0.15) is 55.2 Å². The Balaban J connectivity index is 1.34. The van der Waals surface area contributed by atoms with Crippen molar-refractivity contribution in [3.05, 3.63) is 35.8 Å². The molecule has 2 N–H and O–H groups in total. The van der Waals surface area contributed by atoms with Crippen molar-refractivity contribution in [2.75, 3.05) is 25.1 Å². The number of hydrogen-bond donors (Lipinski definition) is 2. The Hall–Kier alpha value is -3.30. The van der Waals surface area contributed by atoms with Gasteiger partial charge in [0.1, 0.15) is 17.7 Å². The third kappa shape index (κ3) is 4.09. The Bertz CT molecular complexity index is 1180. The minimum absolute atomic E-state index is 0.0907. The van der Waals surface area contributed by atoms with E-state index in [0.29, 0.717) is 30.3 Å². The number of hydrogen-bond acceptors (Lipinski definition) is 7. The van der Waals surface area contributed by atoms with Crippen molar-refractivity contribution < 1.29 is 13.9 Å². The molecule has 0 spiro atoms. The van der Waals surface area contributed by atoms with Crippen molar-refractivity contribution in [2.45, 2.75) is 50.7 Å². The highest BCUT2D eigenvalue weighted by atomic mass is 19.1. The van der Waals surface area contributed by atoms with E-state index in [1.165, 1.54) is 7.11 Å². The second-order valence-electron chi connectivity index (χ2n) is 9.50. The number of methoxy groups -OCH3 is 1. The summed E-state index contributed by atoms with van der Waals surface area (Å²) in [4.78, 5) is 27.6. The summed E-state index contributed by atoms with van der Waals surface area (Å²) in [7, 11) is 1.46. The molecule has 2 aliphatic rings. The highest BCUT2D eigenvalue weighted by molar-refractivity contribution is 5.93. The summed E-state index contributed by atoms with van der Waals surface area (Å²) in [5.41, 5.74) is 1.36. The first kappa shape index (κ1) is 21.5. The summed E-state index contributed by atoms with van der Waals surface area (Å²) in [5.74, 6) is 0.490. The lowest BCUT2D eigenvalue weighted by molar-refractivity contribution is 0.0766. The van der Waals surface area contributed by atoms with Gasteiger partial charge in [0.05, 0.1) is 19.3 Å². The zero-order valence-electron chi connectivity index (χ0n) is 19.0. The molecule has 9 nitrogen and oxygen atoms in total. The number of fused-ring (bicyclic) bond motifs is 1. The van der Waals surface area contributed by atoms with Gasteiger partial charge in [0.25, 0.3) is 5.91 Å². The predicted molar refractivity (Wildman–Crippen MR) is 121 cm³/mol. The molecule has 174 valence electrons. The molecule has 3 aromatic heterocycles. The number of carbonyl (C=O) groups is 1. The van der Waals surface area contributed by atoms with Gasteiger partial charge in [-0.15, -0.1) is 0 Å². The number of anilines is 1. The zero-order valence-corrected chi connectivity index (χ0v) is 19.0. The van der Waals surface area contributed by atoms with E-state index in [1.807, 2.05) is 24.0 Å². The van der Waals surface area contributed by atoms with Gasteiger partial charge < -0.3 is 15.0 Å². The average molecular weight is 454 g/mol. The highest BCUT2D eigenvalue weighted by Crippen LogP contribution is 2.37. The summed E-state index contributed by atoms with van der Waals surface area (Å²) in [6, 6.07) is 5.44. The summed E-state index contributed by atoms with van der Waals surface area (Å²) >= 11 is 0. The number of aromatic amines is 1. The van der Waals surface area contributed by atoms with Crippen molar-refractivity contribution >= 4 is 22.8 Å². The lowest BCUT2D eigenvalue weighted by Crippen LogP contribution is -2.54. The number of H-pyrrole nitrogens is 1. The van der Waals surface area contributed by atoms with Crippen LogP contribution in [0.15, 0.2) is 24.4 Å². The molecule has 2 atom stereocenters. The zero-order chi connectivity index (χ0) is 23.2. The molecule has 33 heavy (non-hydrogen) atoms. The first-order chi connectivity index (χ1) is 15.8. The maximum absolute atomic E-state index is 15.4. The molecule has 2 unspecified atom stereocenters. The number of ether oxygens (including phenoxy) is 1. The summed E-state index contributed by atoms with van der Waals surface area (Å²) < 4.78 is 20.6. The van der Waals surface area contributed by atoms with Gasteiger partial charge in [-0.3, -0.25) is 9.89 Å². The molecule has 10 heteroatoms. The molecular weight excluding hydrogens is 425 g/mol. The summed E-state index contributed by atoms with van der Waals surface area (Å²) in [5, 5.41) is 11.1. The minimum Gasteiger partial charge on any atom is -0.467 e. The minimum atomic E-state index is -1.14. The number of amides is 1. The van der Waals surface area contributed by atoms with Crippen molar-refractivity contribution in [2.24, 2.45) is 5.92 Å². The largest absolute Gasteiger partial charge is 0.467 e. The molecule has 1 aliphatic carbocycles. The van der Waals surface area contributed by atoms with E-state index in [9.17, 15) is 4.79 Å². The van der Waals surface area contributed by atoms with E-state index < -0.39 is 6.17 Å². The standard InChI is InChI=1S/C23H28FN7O2/c1-13-10-23(2,11-13)28-21(32)17-9-18(27-22(26-17)33-3)31-8-6-14(16(24)12-31)19-15-5-4-7-25-20(15)30-29-19/h4-5,7,9,13-14,16H,6,8,10-12H2,1-3H3,(H,28,32)(H,25,29,30). The normalized spacial score (nSPS) is 27.3. The first-order valence-corrected chi connectivity index (χ1v) is 11.3. The van der Waals surface area contributed by atoms with Crippen LogP contribution in [0.2, 0.25) is 0 Å². The highest BCUT2D eigenvalue weighted by Gasteiger charge is 2.39. The SMILES string of the molecule is COc1nc(C(=O)NC2(C)CC(C)C2)cc(N2CCC(c3[nH]nc4ncccc34)C(F)C2)n1. The molecule has 0 aromatic carbocycles. The van der Waals surface area contributed by atoms with E-state index in [-0.39, 0.29) is 35.6 Å². The molecule has 1 saturated carbocycles. The third-order valence-corrected chi connectivity index (χ3v) is 6.72. The van der Waals surface area contributed by atoms with Gasteiger partial charge >= 0.3 is 6.01 Å². The van der Waals surface area contributed by atoms with Crippen LogP contribution in [-0.2, 0) is 0 Å². The number of carbonyl (C=O) groups excluding carboxylic acids is 1. The Morgan fingerprint density at radius 3 is 2.91 bits per heavy atom. The smallest absolute Gasteiger partial charge is 0.318 e. The van der Waals surface area contributed by atoms with Crippen LogP contribution < -0.4 is 15.0 Å². The van der Waals surface area contributed by atoms with Gasteiger partial charge in [0.15, 0.2) is 5.65 Å².